The van der Waals surface area contributed by atoms with Crippen LogP contribution < -0.4 is 4.72 Å². The third-order valence-corrected chi connectivity index (χ3v) is 4.04. The number of halogens is 3. The van der Waals surface area contributed by atoms with Crippen LogP contribution in [0.15, 0.2) is 34.4 Å². The molecule has 100 valence electrons. The second-order valence-corrected chi connectivity index (χ2v) is 6.11. The standard InChI is InChI=1S/C9H5BrClFN4O2S/c10-6-1-5(12)2-7(11)8(6)16-19(17,18)9-14-3-13-4-15-9/h1-4,16H. The Balaban J connectivity index is 2.42. The van der Waals surface area contributed by atoms with Crippen molar-refractivity contribution < 1.29 is 12.8 Å². The fraction of sp³-hybridized carbons (Fsp3) is 0. The van der Waals surface area contributed by atoms with Gasteiger partial charge >= 0.3 is 0 Å². The predicted octanol–water partition coefficient (Wildman–Crippen LogP) is 2.23. The van der Waals surface area contributed by atoms with Crippen LogP contribution in [0, 0.1) is 5.82 Å². The highest BCUT2D eigenvalue weighted by molar-refractivity contribution is 9.10. The first kappa shape index (κ1) is 14.1. The fourth-order valence-corrected chi connectivity index (χ4v) is 3.22. The maximum Gasteiger partial charge on any atom is 0.297 e. The van der Waals surface area contributed by atoms with Crippen molar-refractivity contribution in [3.63, 3.8) is 0 Å². The van der Waals surface area contributed by atoms with E-state index in [1.807, 2.05) is 0 Å². The predicted molar refractivity (Wildman–Crippen MR) is 69.7 cm³/mol. The quantitative estimate of drug-likeness (QED) is 0.899. The molecule has 0 aliphatic heterocycles. The van der Waals surface area contributed by atoms with Crippen LogP contribution in [-0.2, 0) is 10.0 Å². The van der Waals surface area contributed by atoms with Gasteiger partial charge in [-0.1, -0.05) is 11.6 Å². The van der Waals surface area contributed by atoms with Gasteiger partial charge in [-0.25, -0.2) is 19.3 Å². The van der Waals surface area contributed by atoms with Crippen molar-refractivity contribution in [2.45, 2.75) is 5.16 Å². The van der Waals surface area contributed by atoms with Gasteiger partial charge in [0.25, 0.3) is 15.2 Å². The van der Waals surface area contributed by atoms with Gasteiger partial charge in [-0.2, -0.15) is 8.42 Å². The van der Waals surface area contributed by atoms with E-state index in [9.17, 15) is 12.8 Å². The second-order valence-electron chi connectivity index (χ2n) is 3.27. The number of nitrogens with one attached hydrogen (secondary N) is 1. The molecule has 0 bridgehead atoms. The van der Waals surface area contributed by atoms with Crippen LogP contribution in [0.5, 0.6) is 0 Å². The first-order valence-electron chi connectivity index (χ1n) is 4.69. The van der Waals surface area contributed by atoms with Crippen molar-refractivity contribution in [1.82, 2.24) is 15.0 Å². The second kappa shape index (κ2) is 5.35. The van der Waals surface area contributed by atoms with Crippen LogP contribution in [0.3, 0.4) is 0 Å². The number of benzene rings is 1. The molecule has 0 unspecified atom stereocenters. The molecule has 0 aliphatic carbocycles. The number of anilines is 1. The van der Waals surface area contributed by atoms with E-state index in [1.54, 1.807) is 0 Å². The molecule has 1 N–H and O–H groups in total. The minimum atomic E-state index is -4.02. The zero-order valence-corrected chi connectivity index (χ0v) is 12.2. The summed E-state index contributed by atoms with van der Waals surface area (Å²) in [7, 11) is -4.02. The molecule has 0 spiro atoms. The van der Waals surface area contributed by atoms with Gasteiger partial charge in [-0.05, 0) is 28.1 Å². The number of aromatic nitrogens is 3. The van der Waals surface area contributed by atoms with Crippen molar-refractivity contribution >= 4 is 43.2 Å². The van der Waals surface area contributed by atoms with Crippen LogP contribution in [-0.4, -0.2) is 23.4 Å². The maximum absolute atomic E-state index is 13.0. The first-order chi connectivity index (χ1) is 8.90. The van der Waals surface area contributed by atoms with Crippen LogP contribution in [0.25, 0.3) is 0 Å². The summed E-state index contributed by atoms with van der Waals surface area (Å²) in [6.45, 7) is 0. The van der Waals surface area contributed by atoms with Crippen molar-refractivity contribution in [1.29, 1.82) is 0 Å². The molecular formula is C9H5BrClFN4O2S. The molecular weight excluding hydrogens is 363 g/mol. The van der Waals surface area contributed by atoms with Gasteiger partial charge in [0.2, 0.25) is 0 Å². The van der Waals surface area contributed by atoms with Crippen LogP contribution >= 0.6 is 27.5 Å². The van der Waals surface area contributed by atoms with Crippen LogP contribution in [0.4, 0.5) is 10.1 Å². The minimum Gasteiger partial charge on any atom is -0.274 e. The van der Waals surface area contributed by atoms with Gasteiger partial charge in [0.05, 0.1) is 10.7 Å². The normalized spacial score (nSPS) is 11.3. The Labute approximate surface area is 121 Å². The van der Waals surface area contributed by atoms with Gasteiger partial charge in [0.15, 0.2) is 0 Å². The van der Waals surface area contributed by atoms with Gasteiger partial charge in [0.1, 0.15) is 18.5 Å². The number of hydrogen-bond acceptors (Lipinski definition) is 5. The number of nitrogens with zero attached hydrogens (tertiary/aromatic N) is 3. The molecule has 0 fully saturated rings. The van der Waals surface area contributed by atoms with E-state index in [1.165, 1.54) is 0 Å². The zero-order valence-electron chi connectivity index (χ0n) is 9.01. The van der Waals surface area contributed by atoms with Gasteiger partial charge in [-0.3, -0.25) is 4.72 Å². The highest BCUT2D eigenvalue weighted by Gasteiger charge is 2.20. The summed E-state index contributed by atoms with van der Waals surface area (Å²) >= 11 is 8.80. The number of rotatable bonds is 3. The number of hydrogen-bond donors (Lipinski definition) is 1. The summed E-state index contributed by atoms with van der Waals surface area (Å²) in [4.78, 5) is 10.5. The topological polar surface area (TPSA) is 84.8 Å². The Kier molecular flexibility index (Phi) is 3.97. The van der Waals surface area contributed by atoms with Crippen molar-refractivity contribution in [2.75, 3.05) is 4.72 Å². The van der Waals surface area contributed by atoms with Crippen molar-refractivity contribution in [3.8, 4) is 0 Å². The number of sulfonamides is 1. The lowest BCUT2D eigenvalue weighted by molar-refractivity contribution is 0.590. The van der Waals surface area contributed by atoms with E-state index in [4.69, 9.17) is 11.6 Å². The molecule has 1 heterocycles. The monoisotopic (exact) mass is 366 g/mol. The van der Waals surface area contributed by atoms with Crippen LogP contribution in [0.1, 0.15) is 0 Å². The van der Waals surface area contributed by atoms with E-state index in [-0.39, 0.29) is 15.2 Å². The molecule has 1 aromatic heterocycles. The third kappa shape index (κ3) is 3.17. The van der Waals surface area contributed by atoms with Gasteiger partial charge in [-0.15, -0.1) is 0 Å². The third-order valence-electron chi connectivity index (χ3n) is 1.95. The highest BCUT2D eigenvalue weighted by Crippen LogP contribution is 2.32. The maximum atomic E-state index is 13.0. The summed E-state index contributed by atoms with van der Waals surface area (Å²) in [6, 6.07) is 2.06. The molecule has 10 heteroatoms. The Morgan fingerprint density at radius 2 is 1.89 bits per heavy atom. The Morgan fingerprint density at radius 1 is 1.26 bits per heavy atom. The van der Waals surface area contributed by atoms with E-state index in [0.29, 0.717) is 0 Å². The molecule has 0 saturated carbocycles. The summed E-state index contributed by atoms with van der Waals surface area (Å²) in [5.41, 5.74) is 0.00322. The summed E-state index contributed by atoms with van der Waals surface area (Å²) < 4.78 is 39.3. The smallest absolute Gasteiger partial charge is 0.274 e. The molecule has 0 radical (unpaired) electrons. The minimum absolute atomic E-state index is 0.00322. The van der Waals surface area contributed by atoms with E-state index in [0.717, 1.165) is 24.8 Å². The molecule has 19 heavy (non-hydrogen) atoms. The lowest BCUT2D eigenvalue weighted by Crippen LogP contribution is -2.16. The van der Waals surface area contributed by atoms with E-state index < -0.39 is 21.0 Å². The molecule has 0 atom stereocenters. The van der Waals surface area contributed by atoms with E-state index in [2.05, 4.69) is 35.6 Å². The first-order valence-corrected chi connectivity index (χ1v) is 7.35. The summed E-state index contributed by atoms with van der Waals surface area (Å²) in [6.07, 6.45) is 2.09. The average Bonchev–Trinajstić information content (AvgIpc) is 2.35. The van der Waals surface area contributed by atoms with Gasteiger partial charge in [0, 0.05) is 4.47 Å². The lowest BCUT2D eigenvalue weighted by Gasteiger charge is -2.10. The lowest BCUT2D eigenvalue weighted by atomic mass is 10.3. The summed E-state index contributed by atoms with van der Waals surface area (Å²) in [5, 5.41) is -0.556. The van der Waals surface area contributed by atoms with Crippen LogP contribution in [0.2, 0.25) is 5.02 Å². The van der Waals surface area contributed by atoms with E-state index >= 15 is 0 Å². The molecule has 1 aromatic carbocycles. The molecule has 2 rings (SSSR count). The molecule has 0 amide bonds. The largest absolute Gasteiger partial charge is 0.297 e. The molecule has 0 aliphatic rings. The Bertz CT molecular complexity index is 690. The van der Waals surface area contributed by atoms with Crippen molar-refractivity contribution in [2.24, 2.45) is 0 Å². The summed E-state index contributed by atoms with van der Waals surface area (Å²) in [5.74, 6) is -0.597. The Morgan fingerprint density at radius 3 is 2.47 bits per heavy atom. The average molecular weight is 368 g/mol. The highest BCUT2D eigenvalue weighted by atomic mass is 79.9. The Hall–Kier alpha value is -1.32. The van der Waals surface area contributed by atoms with Crippen molar-refractivity contribution in [3.05, 3.63) is 40.1 Å². The molecule has 0 saturated heterocycles. The van der Waals surface area contributed by atoms with Gasteiger partial charge < -0.3 is 0 Å². The zero-order chi connectivity index (χ0) is 14.0. The SMILES string of the molecule is O=S(=O)(Nc1c(Cl)cc(F)cc1Br)c1ncncn1. The fourth-order valence-electron chi connectivity index (χ4n) is 1.19. The molecule has 2 aromatic rings. The molecule has 6 nitrogen and oxygen atoms in total.